The molecule has 2 aromatic rings. The molecule has 138 valence electrons. The SMILES string of the molecule is CC(=O)Nc1nc(CN2CCNCC2c2ccccc2Cl)cs1.Cl.Cl. The van der Waals surface area contributed by atoms with Gasteiger partial charge in [-0.2, -0.15) is 0 Å². The molecule has 0 spiro atoms. The van der Waals surface area contributed by atoms with Crippen LogP contribution in [0.25, 0.3) is 0 Å². The van der Waals surface area contributed by atoms with Crippen molar-refractivity contribution in [2.24, 2.45) is 0 Å². The lowest BCUT2D eigenvalue weighted by atomic mass is 10.0. The van der Waals surface area contributed by atoms with Crippen molar-refractivity contribution in [1.82, 2.24) is 15.2 Å². The van der Waals surface area contributed by atoms with E-state index in [1.807, 2.05) is 23.6 Å². The lowest BCUT2D eigenvalue weighted by molar-refractivity contribution is -0.114. The summed E-state index contributed by atoms with van der Waals surface area (Å²) in [6.45, 7) is 4.98. The molecule has 0 aliphatic carbocycles. The number of carbonyl (C=O) groups excluding carboxylic acids is 1. The maximum atomic E-state index is 11.1. The van der Waals surface area contributed by atoms with Gasteiger partial charge < -0.3 is 10.6 Å². The van der Waals surface area contributed by atoms with Gasteiger partial charge >= 0.3 is 0 Å². The van der Waals surface area contributed by atoms with Crippen LogP contribution >= 0.6 is 47.8 Å². The molecule has 0 radical (unpaired) electrons. The second kappa shape index (κ2) is 10.3. The van der Waals surface area contributed by atoms with E-state index in [1.165, 1.54) is 18.3 Å². The number of benzene rings is 1. The molecule has 1 unspecified atom stereocenters. The molecule has 1 saturated heterocycles. The first-order valence-electron chi connectivity index (χ1n) is 7.54. The van der Waals surface area contributed by atoms with Gasteiger partial charge in [0.25, 0.3) is 0 Å². The van der Waals surface area contributed by atoms with Gasteiger partial charge in [0.2, 0.25) is 5.91 Å². The standard InChI is InChI=1S/C16H19ClN4OS.2ClH/c1-11(22)19-16-20-12(10-23-16)9-21-7-6-18-8-15(21)13-4-2-3-5-14(13)17;;/h2-5,10,15,18H,6-9H2,1H3,(H,19,20,22);2*1H. The summed E-state index contributed by atoms with van der Waals surface area (Å²) in [6.07, 6.45) is 0. The van der Waals surface area contributed by atoms with Gasteiger partial charge in [-0.05, 0) is 11.6 Å². The van der Waals surface area contributed by atoms with Crippen LogP contribution in [0, 0.1) is 0 Å². The number of nitrogens with one attached hydrogen (secondary N) is 2. The maximum absolute atomic E-state index is 11.1. The van der Waals surface area contributed by atoms with Gasteiger partial charge in [-0.25, -0.2) is 4.98 Å². The minimum absolute atomic E-state index is 0. The molecule has 1 aliphatic rings. The smallest absolute Gasteiger partial charge is 0.223 e. The summed E-state index contributed by atoms with van der Waals surface area (Å²) in [5.41, 5.74) is 2.11. The van der Waals surface area contributed by atoms with Crippen LogP contribution in [-0.4, -0.2) is 35.4 Å². The van der Waals surface area contributed by atoms with E-state index >= 15 is 0 Å². The second-order valence-electron chi connectivity index (χ2n) is 5.54. The Balaban J connectivity index is 0.00000156. The van der Waals surface area contributed by atoms with Crippen molar-refractivity contribution < 1.29 is 4.79 Å². The number of hydrogen-bond donors (Lipinski definition) is 2. The predicted molar refractivity (Wildman–Crippen MR) is 108 cm³/mol. The van der Waals surface area contributed by atoms with Crippen molar-refractivity contribution >= 4 is 58.8 Å². The van der Waals surface area contributed by atoms with E-state index in [4.69, 9.17) is 11.6 Å². The Kier molecular flexibility index (Phi) is 9.13. The van der Waals surface area contributed by atoms with E-state index in [9.17, 15) is 4.79 Å². The highest BCUT2D eigenvalue weighted by atomic mass is 35.5. The van der Waals surface area contributed by atoms with E-state index in [2.05, 4.69) is 26.6 Å². The fourth-order valence-electron chi connectivity index (χ4n) is 2.78. The Morgan fingerprint density at radius 2 is 2.20 bits per heavy atom. The molecule has 1 atom stereocenters. The van der Waals surface area contributed by atoms with Crippen LogP contribution in [-0.2, 0) is 11.3 Å². The Bertz CT molecular complexity index is 698. The number of hydrogen-bond acceptors (Lipinski definition) is 5. The van der Waals surface area contributed by atoms with Crippen LogP contribution in [0.15, 0.2) is 29.6 Å². The van der Waals surface area contributed by atoms with Crippen molar-refractivity contribution in [3.05, 3.63) is 45.9 Å². The summed E-state index contributed by atoms with van der Waals surface area (Å²) in [5, 5.41) is 9.61. The minimum Gasteiger partial charge on any atom is -0.314 e. The van der Waals surface area contributed by atoms with Crippen molar-refractivity contribution in [1.29, 1.82) is 0 Å². The van der Waals surface area contributed by atoms with E-state index in [-0.39, 0.29) is 36.8 Å². The van der Waals surface area contributed by atoms with Crippen LogP contribution in [0.4, 0.5) is 5.13 Å². The Labute approximate surface area is 169 Å². The van der Waals surface area contributed by atoms with E-state index in [1.54, 1.807) is 0 Å². The summed E-state index contributed by atoms with van der Waals surface area (Å²) in [4.78, 5) is 18.0. The third kappa shape index (κ3) is 5.81. The third-order valence-electron chi connectivity index (χ3n) is 3.82. The number of carbonyl (C=O) groups is 1. The number of anilines is 1. The van der Waals surface area contributed by atoms with Crippen molar-refractivity contribution in [2.75, 3.05) is 25.0 Å². The first kappa shape index (κ1) is 22.2. The second-order valence-corrected chi connectivity index (χ2v) is 6.80. The maximum Gasteiger partial charge on any atom is 0.223 e. The largest absolute Gasteiger partial charge is 0.314 e. The van der Waals surface area contributed by atoms with Crippen LogP contribution in [0.5, 0.6) is 0 Å². The van der Waals surface area contributed by atoms with Gasteiger partial charge in [-0.3, -0.25) is 9.69 Å². The average Bonchev–Trinajstić information content (AvgIpc) is 2.95. The number of rotatable bonds is 4. The lowest BCUT2D eigenvalue weighted by Gasteiger charge is -2.36. The van der Waals surface area contributed by atoms with E-state index in [0.717, 1.165) is 42.5 Å². The molecule has 2 N–H and O–H groups in total. The van der Waals surface area contributed by atoms with Gasteiger partial charge in [-0.15, -0.1) is 36.2 Å². The Morgan fingerprint density at radius 3 is 2.92 bits per heavy atom. The van der Waals surface area contributed by atoms with Crippen molar-refractivity contribution in [3.8, 4) is 0 Å². The summed E-state index contributed by atoms with van der Waals surface area (Å²) < 4.78 is 0. The Hall–Kier alpha value is -0.890. The van der Waals surface area contributed by atoms with Crippen LogP contribution in [0.3, 0.4) is 0 Å². The molecule has 9 heteroatoms. The van der Waals surface area contributed by atoms with Crippen LogP contribution in [0.2, 0.25) is 5.02 Å². The zero-order chi connectivity index (χ0) is 16.2. The summed E-state index contributed by atoms with van der Waals surface area (Å²) in [5.74, 6) is -0.0954. The molecule has 2 heterocycles. The summed E-state index contributed by atoms with van der Waals surface area (Å²) >= 11 is 7.83. The predicted octanol–water partition coefficient (Wildman–Crippen LogP) is 3.75. The van der Waals surface area contributed by atoms with Crippen molar-refractivity contribution in [3.63, 3.8) is 0 Å². The molecular weight excluding hydrogens is 403 g/mol. The molecule has 1 amide bonds. The van der Waals surface area contributed by atoms with E-state index in [0.29, 0.717) is 5.13 Å². The fraction of sp³-hybridized carbons (Fsp3) is 0.375. The molecule has 1 fully saturated rings. The molecule has 0 bridgehead atoms. The first-order valence-corrected chi connectivity index (χ1v) is 8.80. The zero-order valence-electron chi connectivity index (χ0n) is 13.7. The molecule has 1 aliphatic heterocycles. The summed E-state index contributed by atoms with van der Waals surface area (Å²) in [6, 6.07) is 8.21. The number of amides is 1. The molecule has 5 nitrogen and oxygen atoms in total. The molecular formula is C16H21Cl3N4OS. The topological polar surface area (TPSA) is 57.3 Å². The van der Waals surface area contributed by atoms with Gasteiger partial charge in [0.1, 0.15) is 0 Å². The number of thiazole rings is 1. The number of aromatic nitrogens is 1. The molecule has 1 aromatic heterocycles. The minimum atomic E-state index is -0.0954. The normalized spacial score (nSPS) is 17.3. The number of piperazine rings is 1. The van der Waals surface area contributed by atoms with Gasteiger partial charge in [-0.1, -0.05) is 29.8 Å². The Morgan fingerprint density at radius 1 is 1.44 bits per heavy atom. The van der Waals surface area contributed by atoms with E-state index < -0.39 is 0 Å². The summed E-state index contributed by atoms with van der Waals surface area (Å²) in [7, 11) is 0. The highest BCUT2D eigenvalue weighted by molar-refractivity contribution is 7.13. The molecule has 25 heavy (non-hydrogen) atoms. The van der Waals surface area contributed by atoms with Gasteiger partial charge in [0.05, 0.1) is 5.69 Å². The fourth-order valence-corrected chi connectivity index (χ4v) is 3.79. The molecule has 3 rings (SSSR count). The molecule has 0 saturated carbocycles. The number of halogens is 3. The van der Waals surface area contributed by atoms with Gasteiger partial charge in [0.15, 0.2) is 5.13 Å². The highest BCUT2D eigenvalue weighted by Crippen LogP contribution is 2.30. The van der Waals surface area contributed by atoms with Crippen LogP contribution in [0.1, 0.15) is 24.2 Å². The monoisotopic (exact) mass is 422 g/mol. The average molecular weight is 424 g/mol. The lowest BCUT2D eigenvalue weighted by Crippen LogP contribution is -2.45. The van der Waals surface area contributed by atoms with Crippen molar-refractivity contribution in [2.45, 2.75) is 19.5 Å². The van der Waals surface area contributed by atoms with Crippen LogP contribution < -0.4 is 10.6 Å². The highest BCUT2D eigenvalue weighted by Gasteiger charge is 2.26. The quantitative estimate of drug-likeness (QED) is 0.786. The number of nitrogens with zero attached hydrogens (tertiary/aromatic N) is 2. The third-order valence-corrected chi connectivity index (χ3v) is 4.97. The zero-order valence-corrected chi connectivity index (χ0v) is 16.9. The van der Waals surface area contributed by atoms with Gasteiger partial charge in [0, 0.05) is 49.5 Å². The first-order chi connectivity index (χ1) is 11.1. The molecule has 1 aromatic carbocycles.